The van der Waals surface area contributed by atoms with Crippen molar-refractivity contribution in [3.8, 4) is 17.1 Å². The van der Waals surface area contributed by atoms with E-state index in [9.17, 15) is 26.4 Å². The smallest absolute Gasteiger partial charge is 0.417 e. The second kappa shape index (κ2) is 13.7. The van der Waals surface area contributed by atoms with Crippen molar-refractivity contribution in [3.63, 3.8) is 0 Å². The summed E-state index contributed by atoms with van der Waals surface area (Å²) >= 11 is 5.81. The summed E-state index contributed by atoms with van der Waals surface area (Å²) in [5, 5.41) is -0.234. The first-order valence-corrected chi connectivity index (χ1v) is 16.2. The van der Waals surface area contributed by atoms with Crippen molar-refractivity contribution in [2.75, 3.05) is 57.5 Å². The highest BCUT2D eigenvalue weighted by Gasteiger charge is 2.39. The van der Waals surface area contributed by atoms with Gasteiger partial charge in [-0.05, 0) is 69.9 Å². The number of sulfone groups is 1. The van der Waals surface area contributed by atoms with E-state index in [0.717, 1.165) is 12.1 Å². The normalized spacial score (nSPS) is 16.0. The summed E-state index contributed by atoms with van der Waals surface area (Å²) in [6.45, 7) is 4.67. The van der Waals surface area contributed by atoms with E-state index in [1.165, 1.54) is 11.0 Å². The molecule has 1 aliphatic rings. The standard InChI is InChI=1S/C30H35ClF3N5O4S/c1-5-21-19-38(29(40)22-10-9-20(31)18-24(22)30(32,33)34)14-15-39(21)26-12-11-25(23-8-7-13-35-27(23)43-6-2)36-28(26)44(41,42)17-16-37(3)4/h7-13,18,21H,5-6,14-17,19H2,1-4H3/t21-/m1/s1. The predicted octanol–water partition coefficient (Wildman–Crippen LogP) is 5.29. The number of carbonyl (C=O) groups excluding carboxylic acids is 1. The van der Waals surface area contributed by atoms with Gasteiger partial charge >= 0.3 is 6.18 Å². The Hall–Kier alpha value is -3.42. The van der Waals surface area contributed by atoms with Gasteiger partial charge in [0.1, 0.15) is 0 Å². The molecule has 1 amide bonds. The van der Waals surface area contributed by atoms with Crippen LogP contribution in [-0.2, 0) is 16.0 Å². The van der Waals surface area contributed by atoms with E-state index >= 15 is 0 Å². The molecule has 0 radical (unpaired) electrons. The zero-order valence-corrected chi connectivity index (χ0v) is 26.5. The highest BCUT2D eigenvalue weighted by Crippen LogP contribution is 2.36. The minimum absolute atomic E-state index is 0.0747. The molecule has 0 aliphatic carbocycles. The number of hydrogen-bond acceptors (Lipinski definition) is 8. The summed E-state index contributed by atoms with van der Waals surface area (Å²) in [5.74, 6) is -0.619. The van der Waals surface area contributed by atoms with Gasteiger partial charge in [-0.15, -0.1) is 0 Å². The van der Waals surface area contributed by atoms with Gasteiger partial charge < -0.3 is 19.4 Å². The van der Waals surface area contributed by atoms with Crippen LogP contribution in [0.15, 0.2) is 53.7 Å². The minimum Gasteiger partial charge on any atom is -0.477 e. The molecule has 14 heteroatoms. The number of alkyl halides is 3. The molecule has 0 bridgehead atoms. The molecule has 9 nitrogen and oxygen atoms in total. The van der Waals surface area contributed by atoms with E-state index in [0.29, 0.717) is 35.9 Å². The number of carbonyl (C=O) groups is 1. The summed E-state index contributed by atoms with van der Waals surface area (Å²) in [6, 6.07) is 9.57. The van der Waals surface area contributed by atoms with Crippen LogP contribution in [0.5, 0.6) is 5.88 Å². The number of aromatic nitrogens is 2. The minimum atomic E-state index is -4.76. The number of rotatable bonds is 10. The van der Waals surface area contributed by atoms with Crippen molar-refractivity contribution in [2.24, 2.45) is 0 Å². The maximum absolute atomic E-state index is 13.8. The van der Waals surface area contributed by atoms with Crippen LogP contribution in [0, 0.1) is 0 Å². The van der Waals surface area contributed by atoms with Gasteiger partial charge in [0.05, 0.1) is 40.4 Å². The third-order valence-corrected chi connectivity index (χ3v) is 9.18. The van der Waals surface area contributed by atoms with E-state index in [1.807, 2.05) is 18.7 Å². The molecule has 0 saturated carbocycles. The molecule has 0 spiro atoms. The Morgan fingerprint density at radius 3 is 2.55 bits per heavy atom. The van der Waals surface area contributed by atoms with Crippen LogP contribution in [0.4, 0.5) is 18.9 Å². The topological polar surface area (TPSA) is 95.9 Å². The van der Waals surface area contributed by atoms with E-state index < -0.39 is 33.0 Å². The van der Waals surface area contributed by atoms with Crippen LogP contribution in [-0.4, -0.2) is 92.8 Å². The fourth-order valence-corrected chi connectivity index (χ4v) is 6.79. The van der Waals surface area contributed by atoms with E-state index in [-0.39, 0.29) is 48.0 Å². The second-order valence-electron chi connectivity index (χ2n) is 10.6. The average molecular weight is 654 g/mol. The molecule has 1 atom stereocenters. The quantitative estimate of drug-likeness (QED) is 0.291. The van der Waals surface area contributed by atoms with E-state index in [1.54, 1.807) is 49.5 Å². The van der Waals surface area contributed by atoms with Crippen molar-refractivity contribution < 1.29 is 31.1 Å². The fraction of sp³-hybridized carbons (Fsp3) is 0.433. The van der Waals surface area contributed by atoms with Crippen LogP contribution < -0.4 is 9.64 Å². The summed E-state index contributed by atoms with van der Waals surface area (Å²) in [5.41, 5.74) is -0.296. The Kier molecular flexibility index (Phi) is 10.4. The number of ether oxygens (including phenoxy) is 1. The molecule has 1 fully saturated rings. The number of piperazine rings is 1. The molecule has 238 valence electrons. The van der Waals surface area contributed by atoms with Crippen molar-refractivity contribution in [3.05, 3.63) is 64.8 Å². The first-order chi connectivity index (χ1) is 20.8. The number of pyridine rings is 2. The first kappa shape index (κ1) is 33.5. The maximum atomic E-state index is 13.8. The third-order valence-electron chi connectivity index (χ3n) is 7.34. The van der Waals surface area contributed by atoms with E-state index in [2.05, 4.69) is 9.97 Å². The highest BCUT2D eigenvalue weighted by atomic mass is 35.5. The first-order valence-electron chi connectivity index (χ1n) is 14.2. The van der Waals surface area contributed by atoms with Gasteiger partial charge in [0.25, 0.3) is 5.91 Å². The summed E-state index contributed by atoms with van der Waals surface area (Å²) in [7, 11) is -0.343. The molecular formula is C30H35ClF3N5O4S. The zero-order valence-electron chi connectivity index (χ0n) is 24.9. The average Bonchev–Trinajstić information content (AvgIpc) is 2.99. The molecule has 1 aromatic carbocycles. The van der Waals surface area contributed by atoms with Crippen molar-refractivity contribution >= 4 is 33.0 Å². The molecule has 2 aromatic heterocycles. The molecular weight excluding hydrogens is 619 g/mol. The van der Waals surface area contributed by atoms with Crippen molar-refractivity contribution in [1.82, 2.24) is 19.8 Å². The van der Waals surface area contributed by atoms with Crippen LogP contribution in [0.3, 0.4) is 0 Å². The van der Waals surface area contributed by atoms with Gasteiger partial charge in [0.15, 0.2) is 14.9 Å². The largest absolute Gasteiger partial charge is 0.477 e. The second-order valence-corrected chi connectivity index (χ2v) is 13.1. The number of halogens is 4. The van der Waals surface area contributed by atoms with Crippen molar-refractivity contribution in [1.29, 1.82) is 0 Å². The number of anilines is 1. The predicted molar refractivity (Wildman–Crippen MR) is 163 cm³/mol. The Balaban J connectivity index is 1.72. The molecule has 0 unspecified atom stereocenters. The lowest BCUT2D eigenvalue weighted by Gasteiger charge is -2.43. The molecule has 4 rings (SSSR count). The lowest BCUT2D eigenvalue weighted by molar-refractivity contribution is -0.138. The lowest BCUT2D eigenvalue weighted by atomic mass is 10.0. The Morgan fingerprint density at radius 2 is 1.89 bits per heavy atom. The third kappa shape index (κ3) is 7.44. The van der Waals surface area contributed by atoms with Gasteiger partial charge in [-0.2, -0.15) is 13.2 Å². The maximum Gasteiger partial charge on any atom is 0.417 e. The van der Waals surface area contributed by atoms with Gasteiger partial charge in [-0.1, -0.05) is 18.5 Å². The van der Waals surface area contributed by atoms with Crippen LogP contribution in [0.2, 0.25) is 5.02 Å². The summed E-state index contributed by atoms with van der Waals surface area (Å²) in [4.78, 5) is 27.3. The molecule has 3 aromatic rings. The van der Waals surface area contributed by atoms with Crippen LogP contribution in [0.25, 0.3) is 11.3 Å². The lowest BCUT2D eigenvalue weighted by Crippen LogP contribution is -2.55. The molecule has 1 saturated heterocycles. The Morgan fingerprint density at radius 1 is 1.14 bits per heavy atom. The van der Waals surface area contributed by atoms with Gasteiger partial charge in [0, 0.05) is 43.4 Å². The molecule has 0 N–H and O–H groups in total. The fourth-order valence-electron chi connectivity index (χ4n) is 5.08. The molecule has 3 heterocycles. The Bertz CT molecular complexity index is 1600. The number of nitrogens with zero attached hydrogens (tertiary/aromatic N) is 5. The zero-order chi connectivity index (χ0) is 32.2. The number of benzene rings is 1. The van der Waals surface area contributed by atoms with Crippen LogP contribution >= 0.6 is 11.6 Å². The van der Waals surface area contributed by atoms with Crippen molar-refractivity contribution in [2.45, 2.75) is 37.5 Å². The number of amides is 1. The van der Waals surface area contributed by atoms with Gasteiger partial charge in [-0.3, -0.25) is 4.79 Å². The molecule has 44 heavy (non-hydrogen) atoms. The van der Waals surface area contributed by atoms with Gasteiger partial charge in [-0.25, -0.2) is 18.4 Å². The van der Waals surface area contributed by atoms with Crippen LogP contribution in [0.1, 0.15) is 36.2 Å². The summed E-state index contributed by atoms with van der Waals surface area (Å²) < 4.78 is 74.4. The summed E-state index contributed by atoms with van der Waals surface area (Å²) in [6.07, 6.45) is -2.69. The highest BCUT2D eigenvalue weighted by molar-refractivity contribution is 7.91. The molecule has 1 aliphatic heterocycles. The van der Waals surface area contributed by atoms with Gasteiger partial charge in [0.2, 0.25) is 5.88 Å². The monoisotopic (exact) mass is 653 g/mol. The van der Waals surface area contributed by atoms with E-state index in [4.69, 9.17) is 16.3 Å². The SMILES string of the molecule is CCOc1ncccc1-c1ccc(N2CCN(C(=O)c3ccc(Cl)cc3C(F)(F)F)C[C@H]2CC)c(S(=O)(=O)CCN(C)C)n1. The number of hydrogen-bond donors (Lipinski definition) is 0. The Labute approximate surface area is 260 Å².